The van der Waals surface area contributed by atoms with Crippen LogP contribution < -0.4 is 5.43 Å². The van der Waals surface area contributed by atoms with E-state index in [4.69, 9.17) is 0 Å². The second-order valence-electron chi connectivity index (χ2n) is 6.25. The smallest absolute Gasteiger partial charge is 0.269 e. The van der Waals surface area contributed by atoms with E-state index in [1.54, 1.807) is 31.2 Å². The molecule has 7 heteroatoms. The average molecular weight is 398 g/mol. The molecule has 0 fully saturated rings. The second kappa shape index (κ2) is 7.92. The fourth-order valence-corrected chi connectivity index (χ4v) is 3.77. The summed E-state index contributed by atoms with van der Waals surface area (Å²) in [5.74, 6) is -1.54. The molecule has 0 unspecified atom stereocenters. The molecule has 0 aliphatic carbocycles. The van der Waals surface area contributed by atoms with E-state index in [0.29, 0.717) is 15.5 Å². The summed E-state index contributed by atoms with van der Waals surface area (Å²) in [6.07, 6.45) is 0. The standard InChI is InChI=1S/C21H19FN2O3S/c1-15-13-17(16-9-5-3-6-10-16)14-19(20(15)22)21(25)23-24(2)28(26,27)18-11-7-4-8-12-18/h3-14H,1-2H3,(H,23,25). The number of halogens is 1. The Morgan fingerprint density at radius 1 is 0.929 bits per heavy atom. The number of carbonyl (C=O) groups excluding carboxylic acids is 1. The lowest BCUT2D eigenvalue weighted by Crippen LogP contribution is -2.43. The highest BCUT2D eigenvalue weighted by Crippen LogP contribution is 2.25. The lowest BCUT2D eigenvalue weighted by atomic mass is 9.99. The van der Waals surface area contributed by atoms with E-state index >= 15 is 0 Å². The Morgan fingerprint density at radius 2 is 1.50 bits per heavy atom. The van der Waals surface area contributed by atoms with E-state index in [1.165, 1.54) is 25.2 Å². The van der Waals surface area contributed by atoms with Gasteiger partial charge in [0.05, 0.1) is 10.5 Å². The van der Waals surface area contributed by atoms with E-state index in [1.807, 2.05) is 30.3 Å². The van der Waals surface area contributed by atoms with Crippen molar-refractivity contribution in [3.63, 3.8) is 0 Å². The molecule has 1 amide bonds. The largest absolute Gasteiger partial charge is 0.271 e. The van der Waals surface area contributed by atoms with E-state index in [9.17, 15) is 17.6 Å². The normalized spacial score (nSPS) is 11.4. The Bertz CT molecular complexity index is 1100. The zero-order valence-electron chi connectivity index (χ0n) is 15.4. The molecule has 3 aromatic rings. The number of amides is 1. The molecule has 5 nitrogen and oxygen atoms in total. The number of hydrogen-bond donors (Lipinski definition) is 1. The third-order valence-corrected chi connectivity index (χ3v) is 5.95. The number of nitrogens with one attached hydrogen (secondary N) is 1. The van der Waals surface area contributed by atoms with E-state index in [0.717, 1.165) is 5.56 Å². The van der Waals surface area contributed by atoms with Gasteiger partial charge in [-0.05, 0) is 47.9 Å². The monoisotopic (exact) mass is 398 g/mol. The third kappa shape index (κ3) is 3.95. The summed E-state index contributed by atoms with van der Waals surface area (Å²) in [5.41, 5.74) is 3.80. The second-order valence-corrected chi connectivity index (χ2v) is 8.22. The van der Waals surface area contributed by atoms with Crippen LogP contribution in [-0.2, 0) is 10.0 Å². The van der Waals surface area contributed by atoms with Gasteiger partial charge in [-0.25, -0.2) is 12.8 Å². The minimum Gasteiger partial charge on any atom is -0.271 e. The molecule has 0 saturated carbocycles. The molecule has 3 aromatic carbocycles. The van der Waals surface area contributed by atoms with Crippen LogP contribution in [0.15, 0.2) is 77.7 Å². The number of hydrogen-bond acceptors (Lipinski definition) is 3. The summed E-state index contributed by atoms with van der Waals surface area (Å²) >= 11 is 0. The van der Waals surface area contributed by atoms with Crippen molar-refractivity contribution in [2.24, 2.45) is 0 Å². The van der Waals surface area contributed by atoms with Gasteiger partial charge in [0.25, 0.3) is 15.9 Å². The minimum atomic E-state index is -3.95. The molecule has 144 valence electrons. The molecular formula is C21H19FN2O3S. The number of nitrogens with zero attached hydrogens (tertiary/aromatic N) is 1. The Balaban J connectivity index is 1.91. The van der Waals surface area contributed by atoms with Crippen molar-refractivity contribution in [3.8, 4) is 11.1 Å². The highest BCUT2D eigenvalue weighted by molar-refractivity contribution is 7.89. The SMILES string of the molecule is Cc1cc(-c2ccccc2)cc(C(=O)NN(C)S(=O)(=O)c2ccccc2)c1F. The van der Waals surface area contributed by atoms with Crippen LogP contribution in [0, 0.1) is 12.7 Å². The average Bonchev–Trinajstić information content (AvgIpc) is 2.71. The molecule has 0 aliphatic heterocycles. The van der Waals surface area contributed by atoms with Gasteiger partial charge in [-0.15, -0.1) is 4.41 Å². The van der Waals surface area contributed by atoms with Gasteiger partial charge in [0.15, 0.2) is 0 Å². The lowest BCUT2D eigenvalue weighted by Gasteiger charge is -2.19. The maximum absolute atomic E-state index is 14.6. The predicted molar refractivity (Wildman–Crippen MR) is 105 cm³/mol. The fourth-order valence-electron chi connectivity index (χ4n) is 2.75. The number of hydrazine groups is 1. The zero-order valence-corrected chi connectivity index (χ0v) is 16.2. The van der Waals surface area contributed by atoms with Crippen molar-refractivity contribution in [1.29, 1.82) is 0 Å². The van der Waals surface area contributed by atoms with Gasteiger partial charge in [0.2, 0.25) is 0 Å². The molecule has 3 rings (SSSR count). The number of benzene rings is 3. The maximum atomic E-state index is 14.6. The van der Waals surface area contributed by atoms with Crippen molar-refractivity contribution < 1.29 is 17.6 Å². The molecule has 0 spiro atoms. The first-order valence-electron chi connectivity index (χ1n) is 8.51. The molecule has 0 atom stereocenters. The van der Waals surface area contributed by atoms with E-state index in [-0.39, 0.29) is 10.5 Å². The molecule has 0 bridgehead atoms. The van der Waals surface area contributed by atoms with Gasteiger partial charge in [-0.1, -0.05) is 48.5 Å². The summed E-state index contributed by atoms with van der Waals surface area (Å²) in [5, 5.41) is 0. The van der Waals surface area contributed by atoms with Gasteiger partial charge in [0, 0.05) is 7.05 Å². The van der Waals surface area contributed by atoms with Crippen molar-refractivity contribution >= 4 is 15.9 Å². The van der Waals surface area contributed by atoms with Gasteiger partial charge >= 0.3 is 0 Å². The van der Waals surface area contributed by atoms with Gasteiger partial charge in [-0.2, -0.15) is 0 Å². The molecular weight excluding hydrogens is 379 g/mol. The minimum absolute atomic E-state index is 0.0208. The molecule has 0 aromatic heterocycles. The summed E-state index contributed by atoms with van der Waals surface area (Å²) in [4.78, 5) is 12.7. The summed E-state index contributed by atoms with van der Waals surface area (Å²) in [6, 6.07) is 20.0. The van der Waals surface area contributed by atoms with E-state index < -0.39 is 21.7 Å². The Kier molecular flexibility index (Phi) is 5.58. The van der Waals surface area contributed by atoms with Crippen LogP contribution in [0.25, 0.3) is 11.1 Å². The first-order valence-corrected chi connectivity index (χ1v) is 9.95. The first-order chi connectivity index (χ1) is 13.3. The molecule has 28 heavy (non-hydrogen) atoms. The van der Waals surface area contributed by atoms with Gasteiger partial charge < -0.3 is 0 Å². The number of sulfonamides is 1. The topological polar surface area (TPSA) is 66.5 Å². The van der Waals surface area contributed by atoms with Crippen LogP contribution in [0.3, 0.4) is 0 Å². The van der Waals surface area contributed by atoms with Gasteiger partial charge in [-0.3, -0.25) is 10.2 Å². The Morgan fingerprint density at radius 3 is 2.11 bits per heavy atom. The molecule has 0 heterocycles. The summed E-state index contributed by atoms with van der Waals surface area (Å²) < 4.78 is 40.4. The highest BCUT2D eigenvalue weighted by Gasteiger charge is 2.24. The number of aryl methyl sites for hydroxylation is 1. The van der Waals surface area contributed by atoms with Crippen LogP contribution in [0.2, 0.25) is 0 Å². The molecule has 0 radical (unpaired) electrons. The fraction of sp³-hybridized carbons (Fsp3) is 0.0952. The van der Waals surface area contributed by atoms with Crippen LogP contribution in [-0.4, -0.2) is 25.8 Å². The first kappa shape index (κ1) is 19.7. The predicted octanol–water partition coefficient (Wildman–Crippen LogP) is 3.77. The highest BCUT2D eigenvalue weighted by atomic mass is 32.2. The summed E-state index contributed by atoms with van der Waals surface area (Å²) in [6.45, 7) is 1.56. The molecule has 0 saturated heterocycles. The maximum Gasteiger partial charge on any atom is 0.269 e. The molecule has 1 N–H and O–H groups in total. The lowest BCUT2D eigenvalue weighted by molar-refractivity contribution is 0.0889. The van der Waals surface area contributed by atoms with Crippen LogP contribution >= 0.6 is 0 Å². The van der Waals surface area contributed by atoms with E-state index in [2.05, 4.69) is 5.43 Å². The quantitative estimate of drug-likeness (QED) is 0.666. The van der Waals surface area contributed by atoms with Crippen LogP contribution in [0.4, 0.5) is 4.39 Å². The number of rotatable bonds is 5. The van der Waals surface area contributed by atoms with Crippen molar-refractivity contribution in [3.05, 3.63) is 89.7 Å². The summed E-state index contributed by atoms with van der Waals surface area (Å²) in [7, 11) is -2.75. The number of carbonyl (C=O) groups is 1. The van der Waals surface area contributed by atoms with Crippen molar-refractivity contribution in [1.82, 2.24) is 9.84 Å². The molecule has 0 aliphatic rings. The Hall–Kier alpha value is -3.03. The zero-order chi connectivity index (χ0) is 20.3. The third-order valence-electron chi connectivity index (χ3n) is 4.27. The van der Waals surface area contributed by atoms with Crippen molar-refractivity contribution in [2.75, 3.05) is 7.05 Å². The Labute approximate surface area is 163 Å². The van der Waals surface area contributed by atoms with Crippen LogP contribution in [0.5, 0.6) is 0 Å². The van der Waals surface area contributed by atoms with Gasteiger partial charge in [0.1, 0.15) is 5.82 Å². The van der Waals surface area contributed by atoms with Crippen LogP contribution in [0.1, 0.15) is 15.9 Å². The van der Waals surface area contributed by atoms with Crippen molar-refractivity contribution in [2.45, 2.75) is 11.8 Å².